The molecule has 31 heavy (non-hydrogen) atoms. The number of amides is 1. The van der Waals surface area contributed by atoms with Gasteiger partial charge in [-0.25, -0.2) is 0 Å². The second-order valence-electron chi connectivity index (χ2n) is 6.44. The quantitative estimate of drug-likeness (QED) is 0.311. The Kier molecular flexibility index (Phi) is 8.26. The second-order valence-corrected chi connectivity index (χ2v) is 7.76. The Balaban J connectivity index is 1.49. The van der Waals surface area contributed by atoms with Gasteiger partial charge in [-0.05, 0) is 79.3 Å². The molecule has 8 heteroatoms. The van der Waals surface area contributed by atoms with Crippen molar-refractivity contribution in [2.75, 3.05) is 11.9 Å². The minimum Gasteiger partial charge on any atom is -0.494 e. The predicted molar refractivity (Wildman–Crippen MR) is 129 cm³/mol. The van der Waals surface area contributed by atoms with Gasteiger partial charge >= 0.3 is 0 Å². The third-order valence-electron chi connectivity index (χ3n) is 4.10. The lowest BCUT2D eigenvalue weighted by atomic mass is 10.1. The molecule has 0 fully saturated rings. The summed E-state index contributed by atoms with van der Waals surface area (Å²) < 4.78 is 12.1. The topological polar surface area (TPSA) is 71.6 Å². The Labute approximate surface area is 195 Å². The van der Waals surface area contributed by atoms with Crippen LogP contribution in [-0.2, 0) is 6.61 Å². The summed E-state index contributed by atoms with van der Waals surface area (Å²) >= 11 is 8.65. The summed E-state index contributed by atoms with van der Waals surface area (Å²) in [6.07, 6.45) is 0. The van der Waals surface area contributed by atoms with Crippen molar-refractivity contribution in [3.05, 3.63) is 88.4 Å². The molecule has 0 spiro atoms. The monoisotopic (exact) mass is 499 g/mol. The standard InChI is InChI=1S/C23H22BrN3O3S/c1-2-29-20-11-9-19(10-12-20)25-23(31)27-26-22(28)17-6-3-5-16(13-17)15-30-21-8-4-7-18(24)14-21/h3-14H,2,15H2,1H3,(H,26,28)(H2,25,27,31). The minimum atomic E-state index is -0.305. The van der Waals surface area contributed by atoms with Gasteiger partial charge in [0.15, 0.2) is 5.11 Å². The number of hydrogen-bond donors (Lipinski definition) is 3. The van der Waals surface area contributed by atoms with Gasteiger partial charge in [0.25, 0.3) is 5.91 Å². The van der Waals surface area contributed by atoms with Gasteiger partial charge < -0.3 is 14.8 Å². The summed E-state index contributed by atoms with van der Waals surface area (Å²) in [5.74, 6) is 1.22. The molecule has 0 aliphatic carbocycles. The summed E-state index contributed by atoms with van der Waals surface area (Å²) in [7, 11) is 0. The van der Waals surface area contributed by atoms with Gasteiger partial charge in [0, 0.05) is 15.7 Å². The van der Waals surface area contributed by atoms with E-state index in [1.807, 2.05) is 67.6 Å². The van der Waals surface area contributed by atoms with Crippen molar-refractivity contribution in [1.29, 1.82) is 0 Å². The van der Waals surface area contributed by atoms with E-state index in [-0.39, 0.29) is 11.0 Å². The molecule has 0 aliphatic heterocycles. The van der Waals surface area contributed by atoms with Gasteiger partial charge in [-0.3, -0.25) is 15.6 Å². The smallest absolute Gasteiger partial charge is 0.269 e. The Morgan fingerprint density at radius 1 is 0.935 bits per heavy atom. The largest absolute Gasteiger partial charge is 0.494 e. The van der Waals surface area contributed by atoms with Crippen LogP contribution >= 0.6 is 28.1 Å². The highest BCUT2D eigenvalue weighted by molar-refractivity contribution is 9.10. The SMILES string of the molecule is CCOc1ccc(NC(=S)NNC(=O)c2cccc(COc3cccc(Br)c3)c2)cc1. The molecule has 0 unspecified atom stereocenters. The number of rotatable bonds is 7. The van der Waals surface area contributed by atoms with Crippen molar-refractivity contribution >= 4 is 44.9 Å². The van der Waals surface area contributed by atoms with E-state index in [4.69, 9.17) is 21.7 Å². The first kappa shape index (κ1) is 22.6. The first-order chi connectivity index (χ1) is 15.0. The van der Waals surface area contributed by atoms with Crippen molar-refractivity contribution in [1.82, 2.24) is 10.9 Å². The number of anilines is 1. The van der Waals surface area contributed by atoms with Gasteiger partial charge in [0.2, 0.25) is 0 Å². The maximum absolute atomic E-state index is 12.5. The Morgan fingerprint density at radius 3 is 2.45 bits per heavy atom. The van der Waals surface area contributed by atoms with Crippen LogP contribution < -0.4 is 25.6 Å². The van der Waals surface area contributed by atoms with Crippen molar-refractivity contribution in [2.24, 2.45) is 0 Å². The van der Waals surface area contributed by atoms with E-state index < -0.39 is 0 Å². The Morgan fingerprint density at radius 2 is 1.71 bits per heavy atom. The van der Waals surface area contributed by atoms with Crippen LogP contribution in [0.2, 0.25) is 0 Å². The van der Waals surface area contributed by atoms with Crippen LogP contribution in [0.15, 0.2) is 77.3 Å². The summed E-state index contributed by atoms with van der Waals surface area (Å²) in [4.78, 5) is 12.5. The third-order valence-corrected chi connectivity index (χ3v) is 4.80. The van der Waals surface area contributed by atoms with Crippen molar-refractivity contribution in [2.45, 2.75) is 13.5 Å². The molecular formula is C23H22BrN3O3S. The zero-order valence-corrected chi connectivity index (χ0v) is 19.3. The van der Waals surface area contributed by atoms with E-state index in [9.17, 15) is 4.79 Å². The van der Waals surface area contributed by atoms with Crippen molar-refractivity contribution in [3.63, 3.8) is 0 Å². The zero-order valence-electron chi connectivity index (χ0n) is 16.9. The maximum Gasteiger partial charge on any atom is 0.269 e. The molecule has 0 aliphatic rings. The van der Waals surface area contributed by atoms with Crippen molar-refractivity contribution in [3.8, 4) is 11.5 Å². The van der Waals surface area contributed by atoms with Crippen LogP contribution in [0.25, 0.3) is 0 Å². The van der Waals surface area contributed by atoms with E-state index in [2.05, 4.69) is 32.1 Å². The number of hydrogen-bond acceptors (Lipinski definition) is 4. The summed E-state index contributed by atoms with van der Waals surface area (Å²) in [5, 5.41) is 3.27. The Bertz CT molecular complexity index is 1040. The van der Waals surface area contributed by atoms with Crippen molar-refractivity contribution < 1.29 is 14.3 Å². The van der Waals surface area contributed by atoms with E-state index >= 15 is 0 Å². The Hall–Kier alpha value is -3.10. The number of hydrazine groups is 1. The molecule has 160 valence electrons. The maximum atomic E-state index is 12.5. The fourth-order valence-corrected chi connectivity index (χ4v) is 3.22. The van der Waals surface area contributed by atoms with Gasteiger partial charge in [-0.1, -0.05) is 34.1 Å². The summed E-state index contributed by atoms with van der Waals surface area (Å²) in [5.41, 5.74) is 7.45. The highest BCUT2D eigenvalue weighted by atomic mass is 79.9. The van der Waals surface area contributed by atoms with Crippen LogP contribution in [0.1, 0.15) is 22.8 Å². The molecule has 3 aromatic carbocycles. The van der Waals surface area contributed by atoms with Crippen LogP contribution in [0.4, 0.5) is 5.69 Å². The van der Waals surface area contributed by atoms with Crippen LogP contribution in [0.3, 0.4) is 0 Å². The van der Waals surface area contributed by atoms with Crippen LogP contribution in [0.5, 0.6) is 11.5 Å². The summed E-state index contributed by atoms with van der Waals surface area (Å²) in [6, 6.07) is 22.2. The number of benzene rings is 3. The lowest BCUT2D eigenvalue weighted by Gasteiger charge is -2.13. The van der Waals surface area contributed by atoms with Gasteiger partial charge in [-0.15, -0.1) is 0 Å². The molecule has 1 amide bonds. The molecular weight excluding hydrogens is 478 g/mol. The van der Waals surface area contributed by atoms with E-state index in [0.29, 0.717) is 18.8 Å². The number of ether oxygens (including phenoxy) is 2. The molecule has 6 nitrogen and oxygen atoms in total. The molecule has 0 radical (unpaired) electrons. The highest BCUT2D eigenvalue weighted by Crippen LogP contribution is 2.19. The van der Waals surface area contributed by atoms with Gasteiger partial charge in [-0.2, -0.15) is 0 Å². The molecule has 0 atom stereocenters. The molecule has 3 rings (SSSR count). The summed E-state index contributed by atoms with van der Waals surface area (Å²) in [6.45, 7) is 2.89. The molecule has 0 saturated heterocycles. The van der Waals surface area contributed by atoms with Gasteiger partial charge in [0.05, 0.1) is 6.61 Å². The molecule has 3 N–H and O–H groups in total. The average Bonchev–Trinajstić information content (AvgIpc) is 2.78. The second kappa shape index (κ2) is 11.3. The predicted octanol–water partition coefficient (Wildman–Crippen LogP) is 5.06. The highest BCUT2D eigenvalue weighted by Gasteiger charge is 2.08. The number of carbonyl (C=O) groups excluding carboxylic acids is 1. The lowest BCUT2D eigenvalue weighted by Crippen LogP contribution is -2.43. The zero-order chi connectivity index (χ0) is 22.1. The average molecular weight is 500 g/mol. The molecule has 0 aromatic heterocycles. The third kappa shape index (κ3) is 7.27. The molecule has 0 heterocycles. The normalized spacial score (nSPS) is 10.1. The fourth-order valence-electron chi connectivity index (χ4n) is 2.68. The first-order valence-corrected chi connectivity index (χ1v) is 10.8. The van der Waals surface area contributed by atoms with E-state index in [1.165, 1.54) is 0 Å². The molecule has 0 bridgehead atoms. The van der Waals surface area contributed by atoms with E-state index in [1.54, 1.807) is 12.1 Å². The number of nitrogens with one attached hydrogen (secondary N) is 3. The first-order valence-electron chi connectivity index (χ1n) is 9.61. The van der Waals surface area contributed by atoms with Crippen LogP contribution in [-0.4, -0.2) is 17.6 Å². The van der Waals surface area contributed by atoms with E-state index in [0.717, 1.165) is 27.2 Å². The minimum absolute atomic E-state index is 0.270. The molecule has 0 saturated carbocycles. The lowest BCUT2D eigenvalue weighted by molar-refractivity contribution is 0.0944. The van der Waals surface area contributed by atoms with Crippen LogP contribution in [0, 0.1) is 0 Å². The number of carbonyl (C=O) groups is 1. The number of thiocarbonyl (C=S) groups is 1. The molecule has 3 aromatic rings. The fraction of sp³-hybridized carbons (Fsp3) is 0.130. The number of halogens is 1. The van der Waals surface area contributed by atoms with Gasteiger partial charge in [0.1, 0.15) is 18.1 Å².